The van der Waals surface area contributed by atoms with Crippen molar-refractivity contribution < 1.29 is 17.9 Å². The fourth-order valence-corrected chi connectivity index (χ4v) is 5.20. The number of morpholine rings is 1. The number of nitrogens with one attached hydrogen (secondary N) is 1. The number of carbonyl (C=O) groups excluding carboxylic acids is 1. The van der Waals surface area contributed by atoms with Crippen molar-refractivity contribution in [3.8, 4) is 0 Å². The van der Waals surface area contributed by atoms with Gasteiger partial charge in [0.2, 0.25) is 5.91 Å². The maximum Gasteiger partial charge on any atom is 0.238 e. The van der Waals surface area contributed by atoms with Crippen LogP contribution in [0.15, 0.2) is 24.3 Å². The normalized spacial score (nSPS) is 23.2. The lowest BCUT2D eigenvalue weighted by Gasteiger charge is -2.26. The van der Waals surface area contributed by atoms with Crippen LogP contribution >= 0.6 is 0 Å². The number of sulfone groups is 1. The highest BCUT2D eigenvalue weighted by Gasteiger charge is 2.31. The van der Waals surface area contributed by atoms with Crippen LogP contribution in [0.3, 0.4) is 0 Å². The molecule has 2 aliphatic rings. The van der Waals surface area contributed by atoms with Crippen molar-refractivity contribution >= 4 is 21.4 Å². The number of anilines is 1. The molecule has 8 heteroatoms. The largest absolute Gasteiger partial charge is 0.379 e. The molecule has 0 aliphatic carbocycles. The van der Waals surface area contributed by atoms with E-state index in [1.54, 1.807) is 7.05 Å². The summed E-state index contributed by atoms with van der Waals surface area (Å²) in [6.45, 7) is 4.53. The monoisotopic (exact) mass is 381 g/mol. The first-order valence-electron chi connectivity index (χ1n) is 9.01. The Morgan fingerprint density at radius 3 is 2.58 bits per heavy atom. The molecule has 1 atom stereocenters. The van der Waals surface area contributed by atoms with Gasteiger partial charge in [-0.15, -0.1) is 0 Å². The second kappa shape index (κ2) is 8.47. The Balaban J connectivity index is 1.46. The first kappa shape index (κ1) is 19.3. The van der Waals surface area contributed by atoms with Crippen molar-refractivity contribution in [2.75, 3.05) is 56.7 Å². The zero-order valence-corrected chi connectivity index (χ0v) is 16.0. The summed E-state index contributed by atoms with van der Waals surface area (Å²) in [5, 5.41) is 2.88. The molecule has 0 radical (unpaired) electrons. The zero-order valence-electron chi connectivity index (χ0n) is 15.2. The van der Waals surface area contributed by atoms with Gasteiger partial charge in [-0.2, -0.15) is 0 Å². The quantitative estimate of drug-likeness (QED) is 0.776. The Kier molecular flexibility index (Phi) is 6.29. The van der Waals surface area contributed by atoms with Crippen molar-refractivity contribution in [2.24, 2.45) is 0 Å². The highest BCUT2D eigenvalue weighted by atomic mass is 32.2. The number of rotatable bonds is 6. The lowest BCUT2D eigenvalue weighted by atomic mass is 10.2. The molecule has 2 fully saturated rings. The summed E-state index contributed by atoms with van der Waals surface area (Å²) in [7, 11) is -1.14. The van der Waals surface area contributed by atoms with Crippen LogP contribution in [0.4, 0.5) is 5.69 Å². The molecule has 1 N–H and O–H groups in total. The summed E-state index contributed by atoms with van der Waals surface area (Å²) in [6, 6.07) is 7.81. The van der Waals surface area contributed by atoms with Crippen molar-refractivity contribution in [1.29, 1.82) is 0 Å². The molecule has 0 spiro atoms. The van der Waals surface area contributed by atoms with Gasteiger partial charge in [0.05, 0.1) is 31.3 Å². The van der Waals surface area contributed by atoms with Crippen LogP contribution in [-0.4, -0.2) is 81.6 Å². The SMILES string of the molecule is CN(CC(=O)Nc1ccc(CN2CCOCC2)cc1)[C@@H]1CCS(=O)(=O)C1. The Labute approximate surface area is 155 Å². The van der Waals surface area contributed by atoms with E-state index >= 15 is 0 Å². The van der Waals surface area contributed by atoms with Crippen molar-refractivity contribution in [1.82, 2.24) is 9.80 Å². The van der Waals surface area contributed by atoms with Crippen LogP contribution in [0, 0.1) is 0 Å². The lowest BCUT2D eigenvalue weighted by molar-refractivity contribution is -0.117. The van der Waals surface area contributed by atoms with Crippen LogP contribution in [0.5, 0.6) is 0 Å². The minimum atomic E-state index is -2.94. The molecule has 1 amide bonds. The van der Waals surface area contributed by atoms with Gasteiger partial charge in [0.1, 0.15) is 0 Å². The average Bonchev–Trinajstić information content (AvgIpc) is 2.98. The molecule has 7 nitrogen and oxygen atoms in total. The van der Waals surface area contributed by atoms with Gasteiger partial charge in [-0.25, -0.2) is 8.42 Å². The van der Waals surface area contributed by atoms with Crippen LogP contribution in [0.25, 0.3) is 0 Å². The van der Waals surface area contributed by atoms with Crippen LogP contribution < -0.4 is 5.32 Å². The minimum absolute atomic E-state index is 0.0679. The third kappa shape index (κ3) is 5.51. The van der Waals surface area contributed by atoms with Gasteiger partial charge in [0.25, 0.3) is 0 Å². The molecule has 2 heterocycles. The molecular formula is C18H27N3O4S. The topological polar surface area (TPSA) is 79.0 Å². The molecule has 1 aromatic carbocycles. The second-order valence-electron chi connectivity index (χ2n) is 7.11. The Morgan fingerprint density at radius 2 is 1.96 bits per heavy atom. The van der Waals surface area contributed by atoms with Gasteiger partial charge in [-0.05, 0) is 31.2 Å². The Hall–Kier alpha value is -1.48. The Bertz CT molecular complexity index is 714. The molecule has 3 rings (SSSR count). The summed E-state index contributed by atoms with van der Waals surface area (Å²) >= 11 is 0. The van der Waals surface area contributed by atoms with E-state index in [1.807, 2.05) is 29.2 Å². The van der Waals surface area contributed by atoms with Gasteiger partial charge >= 0.3 is 0 Å². The Morgan fingerprint density at radius 1 is 1.27 bits per heavy atom. The van der Waals surface area contributed by atoms with Gasteiger partial charge < -0.3 is 10.1 Å². The predicted molar refractivity (Wildman–Crippen MR) is 101 cm³/mol. The predicted octanol–water partition coefficient (Wildman–Crippen LogP) is 0.576. The fraction of sp³-hybridized carbons (Fsp3) is 0.611. The van der Waals surface area contributed by atoms with Crippen molar-refractivity contribution in [2.45, 2.75) is 19.0 Å². The van der Waals surface area contributed by atoms with E-state index in [0.717, 1.165) is 38.5 Å². The van der Waals surface area contributed by atoms with E-state index in [4.69, 9.17) is 4.74 Å². The maximum atomic E-state index is 12.2. The highest BCUT2D eigenvalue weighted by molar-refractivity contribution is 7.91. The van der Waals surface area contributed by atoms with Crippen molar-refractivity contribution in [3.63, 3.8) is 0 Å². The number of likely N-dealkylation sites (N-methyl/N-ethyl adjacent to an activating group) is 1. The second-order valence-corrected chi connectivity index (χ2v) is 9.33. The number of benzene rings is 1. The van der Waals surface area contributed by atoms with Crippen LogP contribution in [-0.2, 0) is 25.9 Å². The minimum Gasteiger partial charge on any atom is -0.379 e. The van der Waals surface area contributed by atoms with E-state index in [-0.39, 0.29) is 30.0 Å². The van der Waals surface area contributed by atoms with Crippen LogP contribution in [0.1, 0.15) is 12.0 Å². The molecule has 26 heavy (non-hydrogen) atoms. The fourth-order valence-electron chi connectivity index (χ4n) is 3.39. The molecule has 0 unspecified atom stereocenters. The molecule has 0 aromatic heterocycles. The average molecular weight is 381 g/mol. The first-order chi connectivity index (χ1) is 12.4. The van der Waals surface area contributed by atoms with Crippen LogP contribution in [0.2, 0.25) is 0 Å². The lowest BCUT2D eigenvalue weighted by Crippen LogP contribution is -2.38. The maximum absolute atomic E-state index is 12.2. The molecule has 1 aromatic rings. The number of carbonyl (C=O) groups is 1. The summed E-state index contributed by atoms with van der Waals surface area (Å²) < 4.78 is 28.5. The third-order valence-corrected chi connectivity index (χ3v) is 6.72. The molecular weight excluding hydrogens is 354 g/mol. The molecule has 0 bridgehead atoms. The van der Waals surface area contributed by atoms with E-state index in [9.17, 15) is 13.2 Å². The van der Waals surface area contributed by atoms with E-state index in [2.05, 4.69) is 10.2 Å². The summed E-state index contributed by atoms with van der Waals surface area (Å²) in [4.78, 5) is 16.4. The van der Waals surface area contributed by atoms with Gasteiger partial charge in [-0.1, -0.05) is 12.1 Å². The zero-order chi connectivity index (χ0) is 18.6. The number of nitrogens with zero attached hydrogens (tertiary/aromatic N) is 2. The number of ether oxygens (including phenoxy) is 1. The molecule has 2 aliphatic heterocycles. The highest BCUT2D eigenvalue weighted by Crippen LogP contribution is 2.17. The van der Waals surface area contributed by atoms with E-state index in [0.29, 0.717) is 6.42 Å². The molecule has 2 saturated heterocycles. The van der Waals surface area contributed by atoms with Gasteiger partial charge in [0, 0.05) is 31.4 Å². The van der Waals surface area contributed by atoms with E-state index in [1.165, 1.54) is 5.56 Å². The van der Waals surface area contributed by atoms with E-state index < -0.39 is 9.84 Å². The number of hydrogen-bond acceptors (Lipinski definition) is 6. The standard InChI is InChI=1S/C18H27N3O4S/c1-20(17-6-11-26(23,24)14-17)13-18(22)19-16-4-2-15(3-5-16)12-21-7-9-25-10-8-21/h2-5,17H,6-14H2,1H3,(H,19,22)/t17-/m1/s1. The number of hydrogen-bond donors (Lipinski definition) is 1. The first-order valence-corrected chi connectivity index (χ1v) is 10.8. The third-order valence-electron chi connectivity index (χ3n) is 4.97. The molecule has 144 valence electrons. The summed E-state index contributed by atoms with van der Waals surface area (Å²) in [6.07, 6.45) is 0.600. The number of amides is 1. The smallest absolute Gasteiger partial charge is 0.238 e. The van der Waals surface area contributed by atoms with Crippen molar-refractivity contribution in [3.05, 3.63) is 29.8 Å². The summed E-state index contributed by atoms with van der Waals surface area (Å²) in [5.74, 6) is 0.235. The summed E-state index contributed by atoms with van der Waals surface area (Å²) in [5.41, 5.74) is 1.96. The van der Waals surface area contributed by atoms with Gasteiger partial charge in [0.15, 0.2) is 9.84 Å². The molecule has 0 saturated carbocycles. The van der Waals surface area contributed by atoms with Gasteiger partial charge in [-0.3, -0.25) is 14.6 Å².